The first kappa shape index (κ1) is 26.4. The maximum atomic E-state index is 9.89. The van der Waals surface area contributed by atoms with Crippen molar-refractivity contribution < 1.29 is 15.1 Å². The van der Waals surface area contributed by atoms with Crippen molar-refractivity contribution in [3.63, 3.8) is 0 Å². The second-order valence-electron chi connectivity index (χ2n) is 15.1. The van der Waals surface area contributed by atoms with Crippen molar-refractivity contribution in [1.29, 1.82) is 0 Å². The van der Waals surface area contributed by atoms with Crippen molar-refractivity contribution in [3.05, 3.63) is 246 Å². The Balaban J connectivity index is 1.14. The lowest BCUT2D eigenvalue weighted by Crippen LogP contribution is -2.28. The first-order chi connectivity index (χ1) is 35.3. The van der Waals surface area contributed by atoms with Crippen LogP contribution < -0.4 is 0 Å². The summed E-state index contributed by atoms with van der Waals surface area (Å²) in [6.45, 7) is 0. The standard InChI is InChI=1S/C58H37N3S/c1-5-17-38(18-6-1)40-21-15-22-41(35-40)55-59-56(61-57(60-55)43-32-34-49-53(37-43)62-52-30-16-28-46(54(49)52)39-19-7-2-8-20-39)42-31-33-48-47-27-13-14-29-50(47)58(51(48)36-42,44-23-9-3-10-24-44)45-25-11-4-12-26-45/h1-37H/i2D,7D,8D,16D,19D,20D,28D,30D,32D,34D,37D. The molecule has 2 heterocycles. The van der Waals surface area contributed by atoms with Gasteiger partial charge in [0.15, 0.2) is 17.5 Å². The van der Waals surface area contributed by atoms with Crippen LogP contribution in [0.3, 0.4) is 0 Å². The molecule has 1 aliphatic carbocycles. The number of hydrogen-bond donors (Lipinski definition) is 0. The van der Waals surface area contributed by atoms with Gasteiger partial charge in [-0.05, 0) is 79.9 Å². The van der Waals surface area contributed by atoms with Gasteiger partial charge in [0, 0.05) is 36.9 Å². The van der Waals surface area contributed by atoms with E-state index >= 15 is 0 Å². The Morgan fingerprint density at radius 2 is 1.00 bits per heavy atom. The van der Waals surface area contributed by atoms with Crippen LogP contribution in [0.4, 0.5) is 0 Å². The molecule has 0 radical (unpaired) electrons. The molecule has 290 valence electrons. The molecule has 12 rings (SSSR count). The van der Waals surface area contributed by atoms with Gasteiger partial charge in [0.1, 0.15) is 0 Å². The molecule has 0 saturated heterocycles. The van der Waals surface area contributed by atoms with Crippen LogP contribution in [0.15, 0.2) is 224 Å². The fourth-order valence-corrected chi connectivity index (χ4v) is 9.94. The van der Waals surface area contributed by atoms with Gasteiger partial charge in [-0.3, -0.25) is 0 Å². The molecule has 0 fully saturated rings. The monoisotopic (exact) mass is 818 g/mol. The highest BCUT2D eigenvalue weighted by Gasteiger charge is 2.46. The van der Waals surface area contributed by atoms with Gasteiger partial charge in [0.25, 0.3) is 0 Å². The van der Waals surface area contributed by atoms with Gasteiger partial charge in [-0.25, -0.2) is 15.0 Å². The summed E-state index contributed by atoms with van der Waals surface area (Å²) in [5.74, 6) is 0.430. The number of hydrogen-bond acceptors (Lipinski definition) is 4. The van der Waals surface area contributed by atoms with Gasteiger partial charge >= 0.3 is 0 Å². The van der Waals surface area contributed by atoms with Gasteiger partial charge in [-0.2, -0.15) is 0 Å². The number of rotatable bonds is 7. The Hall–Kier alpha value is -7.79. The van der Waals surface area contributed by atoms with Crippen molar-refractivity contribution in [3.8, 4) is 67.5 Å². The van der Waals surface area contributed by atoms with Crippen LogP contribution in [0.5, 0.6) is 0 Å². The number of benzene rings is 9. The molecule has 0 bridgehead atoms. The fraction of sp³-hybridized carbons (Fsp3) is 0.0172. The third-order valence-electron chi connectivity index (χ3n) is 11.6. The van der Waals surface area contributed by atoms with E-state index in [1.165, 1.54) is 0 Å². The molecule has 0 amide bonds. The smallest absolute Gasteiger partial charge is 0.164 e. The van der Waals surface area contributed by atoms with Gasteiger partial charge in [0.05, 0.1) is 20.5 Å². The predicted molar refractivity (Wildman–Crippen MR) is 257 cm³/mol. The summed E-state index contributed by atoms with van der Waals surface area (Å²) in [5.41, 5.74) is 8.04. The van der Waals surface area contributed by atoms with E-state index in [1.807, 2.05) is 103 Å². The van der Waals surface area contributed by atoms with E-state index in [9.17, 15) is 4.11 Å². The minimum atomic E-state index is -0.745. The van der Waals surface area contributed by atoms with Crippen LogP contribution in [0.1, 0.15) is 37.3 Å². The second-order valence-corrected chi connectivity index (χ2v) is 16.1. The first-order valence-electron chi connectivity index (χ1n) is 25.6. The van der Waals surface area contributed by atoms with Crippen LogP contribution in [0.25, 0.3) is 87.7 Å². The lowest BCUT2D eigenvalue weighted by atomic mass is 9.67. The lowest BCUT2D eigenvalue weighted by molar-refractivity contribution is 0.768. The maximum absolute atomic E-state index is 9.89. The summed E-state index contributed by atoms with van der Waals surface area (Å²) < 4.78 is 99.1. The predicted octanol–water partition coefficient (Wildman–Crippen LogP) is 14.9. The van der Waals surface area contributed by atoms with Crippen LogP contribution in [-0.4, -0.2) is 15.0 Å². The highest BCUT2D eigenvalue weighted by Crippen LogP contribution is 2.56. The van der Waals surface area contributed by atoms with Gasteiger partial charge in [0.2, 0.25) is 0 Å². The minimum absolute atomic E-state index is 0.0164. The van der Waals surface area contributed by atoms with E-state index in [4.69, 9.17) is 25.9 Å². The zero-order valence-electron chi connectivity index (χ0n) is 43.8. The molecule has 1 aliphatic rings. The molecule has 0 spiro atoms. The van der Waals surface area contributed by atoms with E-state index < -0.39 is 65.8 Å². The zero-order chi connectivity index (χ0) is 50.6. The quantitative estimate of drug-likeness (QED) is 0.161. The summed E-state index contributed by atoms with van der Waals surface area (Å²) >= 11 is 0.899. The molecule has 62 heavy (non-hydrogen) atoms. The zero-order valence-corrected chi connectivity index (χ0v) is 33.6. The van der Waals surface area contributed by atoms with Crippen LogP contribution in [-0.2, 0) is 5.41 Å². The average molecular weight is 819 g/mol. The van der Waals surface area contributed by atoms with Gasteiger partial charge < -0.3 is 0 Å². The lowest BCUT2D eigenvalue weighted by Gasteiger charge is -2.34. The maximum Gasteiger partial charge on any atom is 0.164 e. The molecule has 2 aromatic heterocycles. The molecule has 11 aromatic rings. The molecule has 0 atom stereocenters. The van der Waals surface area contributed by atoms with Gasteiger partial charge in [-0.15, -0.1) is 11.3 Å². The molecule has 0 N–H and O–H groups in total. The third kappa shape index (κ3) is 5.83. The Bertz CT molecular complexity index is 4040. The third-order valence-corrected chi connectivity index (χ3v) is 12.6. The highest BCUT2D eigenvalue weighted by molar-refractivity contribution is 7.26. The van der Waals surface area contributed by atoms with Crippen molar-refractivity contribution >= 4 is 31.5 Å². The van der Waals surface area contributed by atoms with E-state index in [0.29, 0.717) is 11.1 Å². The SMILES string of the molecule is [2H]c1c([2H])c([2H])c(-c2c([2H])c([2H])c([2H])c3sc4c([2H])c(-c5nc(-c6cccc(-c7ccccc7)c6)nc(-c6ccc7c(c6)C(c6ccccc6)(c6ccccc6)c6ccccc6-7)n5)c([2H])c([2H])c4c23)c([2H])c1[2H]. The normalized spacial score (nSPS) is 15.1. The van der Waals surface area contributed by atoms with Crippen molar-refractivity contribution in [1.82, 2.24) is 15.0 Å². The minimum Gasteiger partial charge on any atom is -0.208 e. The van der Waals surface area contributed by atoms with Gasteiger partial charge in [-0.1, -0.05) is 200 Å². The van der Waals surface area contributed by atoms with Crippen LogP contribution in [0, 0.1) is 0 Å². The second kappa shape index (κ2) is 14.7. The van der Waals surface area contributed by atoms with E-state index in [1.54, 1.807) is 0 Å². The highest BCUT2D eigenvalue weighted by atomic mass is 32.1. The average Bonchev–Trinajstić information content (AvgIpc) is 3.99. The van der Waals surface area contributed by atoms with Crippen molar-refractivity contribution in [2.45, 2.75) is 5.41 Å². The molecule has 9 aromatic carbocycles. The molecule has 4 heteroatoms. The Morgan fingerprint density at radius 3 is 1.74 bits per heavy atom. The number of aromatic nitrogens is 3. The Labute approximate surface area is 379 Å². The molecular formula is C58H37N3S. The molecule has 0 unspecified atom stereocenters. The topological polar surface area (TPSA) is 38.7 Å². The summed E-state index contributed by atoms with van der Waals surface area (Å²) in [6, 6.07) is 47.1. The Kier molecular flexibility index (Phi) is 6.28. The fourth-order valence-electron chi connectivity index (χ4n) is 8.92. The molecular weight excluding hydrogens is 771 g/mol. The molecule has 0 saturated carbocycles. The number of thiophene rings is 1. The summed E-state index contributed by atoms with van der Waals surface area (Å²) in [7, 11) is 0. The van der Waals surface area contributed by atoms with E-state index in [0.717, 1.165) is 55.8 Å². The van der Waals surface area contributed by atoms with Crippen LogP contribution >= 0.6 is 11.3 Å². The Morgan fingerprint density at radius 1 is 0.387 bits per heavy atom. The number of nitrogens with zero attached hydrogens (tertiary/aromatic N) is 3. The van der Waals surface area contributed by atoms with Crippen LogP contribution in [0.2, 0.25) is 0 Å². The first-order valence-corrected chi connectivity index (χ1v) is 20.9. The van der Waals surface area contributed by atoms with E-state index in [2.05, 4.69) is 54.6 Å². The van der Waals surface area contributed by atoms with Crippen molar-refractivity contribution in [2.75, 3.05) is 0 Å². The molecule has 3 nitrogen and oxygen atoms in total. The largest absolute Gasteiger partial charge is 0.208 e. The number of fused-ring (bicyclic) bond motifs is 6. The van der Waals surface area contributed by atoms with Crippen molar-refractivity contribution in [2.24, 2.45) is 0 Å². The van der Waals surface area contributed by atoms with E-state index in [-0.39, 0.29) is 60.4 Å². The summed E-state index contributed by atoms with van der Waals surface area (Å²) in [4.78, 5) is 15.2. The molecule has 0 aliphatic heterocycles. The summed E-state index contributed by atoms with van der Waals surface area (Å²) in [5, 5.41) is -0.0405. The summed E-state index contributed by atoms with van der Waals surface area (Å²) in [6.07, 6.45) is 0.